The molecule has 0 radical (unpaired) electrons. The van der Waals surface area contributed by atoms with Crippen LogP contribution in [-0.4, -0.2) is 28.5 Å². The Kier molecular flexibility index (Phi) is 4.55. The summed E-state index contributed by atoms with van der Waals surface area (Å²) in [6, 6.07) is 7.97. The van der Waals surface area contributed by atoms with E-state index < -0.39 is 0 Å². The van der Waals surface area contributed by atoms with Crippen LogP contribution in [-0.2, 0) is 22.5 Å². The van der Waals surface area contributed by atoms with E-state index >= 15 is 0 Å². The minimum Gasteiger partial charge on any atom is -0.373 e. The Morgan fingerprint density at radius 2 is 2.05 bits per heavy atom. The van der Waals surface area contributed by atoms with Crippen molar-refractivity contribution in [2.45, 2.75) is 39.8 Å². The molecule has 1 atom stereocenters. The van der Waals surface area contributed by atoms with E-state index in [-0.39, 0.29) is 17.8 Å². The van der Waals surface area contributed by atoms with Gasteiger partial charge in [-0.3, -0.25) is 4.79 Å². The van der Waals surface area contributed by atoms with Crippen LogP contribution in [0.25, 0.3) is 11.0 Å². The lowest BCUT2D eigenvalue weighted by Crippen LogP contribution is -2.30. The summed E-state index contributed by atoms with van der Waals surface area (Å²) in [6.45, 7) is 6.87. The summed E-state index contributed by atoms with van der Waals surface area (Å²) in [5, 5.41) is 0. The van der Waals surface area contributed by atoms with Crippen LogP contribution in [0, 0.1) is 5.92 Å². The summed E-state index contributed by atoms with van der Waals surface area (Å²) in [4.78, 5) is 16.9. The Hall–Kier alpha value is -1.68. The van der Waals surface area contributed by atoms with Crippen molar-refractivity contribution >= 4 is 16.8 Å². The highest BCUT2D eigenvalue weighted by Crippen LogP contribution is 2.18. The fraction of sp³-hybridized carbons (Fsp3) is 0.500. The van der Waals surface area contributed by atoms with Crippen LogP contribution in [0.3, 0.4) is 0 Å². The molecule has 0 aliphatic carbocycles. The summed E-state index contributed by atoms with van der Waals surface area (Å²) in [5.41, 5.74) is 2.02. The molecule has 108 valence electrons. The molecule has 0 amide bonds. The third-order valence-corrected chi connectivity index (χ3v) is 3.56. The largest absolute Gasteiger partial charge is 0.373 e. The van der Waals surface area contributed by atoms with Crippen molar-refractivity contribution in [1.29, 1.82) is 0 Å². The number of hydrogen-bond acceptors (Lipinski definition) is 3. The molecule has 4 heteroatoms. The third kappa shape index (κ3) is 2.75. The summed E-state index contributed by atoms with van der Waals surface area (Å²) in [6.07, 6.45) is -0.0423. The van der Waals surface area contributed by atoms with E-state index in [1.54, 1.807) is 7.11 Å². The molecule has 0 aliphatic heterocycles. The Bertz CT molecular complexity index is 602. The zero-order valence-electron chi connectivity index (χ0n) is 12.6. The molecular weight excluding hydrogens is 252 g/mol. The average Bonchev–Trinajstić information content (AvgIpc) is 2.75. The first-order valence-corrected chi connectivity index (χ1v) is 7.08. The third-order valence-electron chi connectivity index (χ3n) is 3.56. The second kappa shape index (κ2) is 6.18. The zero-order valence-corrected chi connectivity index (χ0v) is 12.6. The van der Waals surface area contributed by atoms with Crippen LogP contribution in [0.5, 0.6) is 0 Å². The topological polar surface area (TPSA) is 44.1 Å². The maximum absolute atomic E-state index is 12.4. The molecule has 0 saturated carbocycles. The van der Waals surface area contributed by atoms with Gasteiger partial charge in [-0.15, -0.1) is 0 Å². The van der Waals surface area contributed by atoms with Crippen LogP contribution in [0.15, 0.2) is 24.3 Å². The highest BCUT2D eigenvalue weighted by Gasteiger charge is 2.23. The normalized spacial score (nSPS) is 13.1. The minimum absolute atomic E-state index is 0.0903. The maximum atomic E-state index is 12.4. The average molecular weight is 274 g/mol. The molecule has 4 nitrogen and oxygen atoms in total. The number of ketones is 1. The Labute approximate surface area is 119 Å². The van der Waals surface area contributed by atoms with Crippen LogP contribution >= 0.6 is 0 Å². The molecule has 1 aromatic heterocycles. The number of hydrogen-bond donors (Lipinski definition) is 0. The number of nitrogens with zero attached hydrogens (tertiary/aromatic N) is 2. The molecule has 1 heterocycles. The second-order valence-electron chi connectivity index (χ2n) is 5.30. The minimum atomic E-state index is -0.361. The van der Waals surface area contributed by atoms with Crippen molar-refractivity contribution in [2.75, 3.05) is 7.11 Å². The number of para-hydroxylation sites is 2. The number of benzene rings is 1. The van der Waals surface area contributed by atoms with Gasteiger partial charge in [0, 0.05) is 13.7 Å². The lowest BCUT2D eigenvalue weighted by Gasteiger charge is -2.17. The van der Waals surface area contributed by atoms with Crippen molar-refractivity contribution in [2.24, 2.45) is 5.92 Å². The summed E-state index contributed by atoms with van der Waals surface area (Å²) >= 11 is 0. The molecule has 0 bridgehead atoms. The van der Waals surface area contributed by atoms with Gasteiger partial charge in [0.15, 0.2) is 5.78 Å². The molecule has 0 aliphatic rings. The Morgan fingerprint density at radius 1 is 1.35 bits per heavy atom. The van der Waals surface area contributed by atoms with E-state index in [1.807, 2.05) is 38.1 Å². The van der Waals surface area contributed by atoms with Crippen molar-refractivity contribution in [1.82, 2.24) is 9.55 Å². The lowest BCUT2D eigenvalue weighted by atomic mass is 10.0. The van der Waals surface area contributed by atoms with Gasteiger partial charge in [0.2, 0.25) is 0 Å². The molecule has 2 aromatic rings. The fourth-order valence-electron chi connectivity index (χ4n) is 2.65. The number of fused-ring (bicyclic) bond motifs is 1. The van der Waals surface area contributed by atoms with Crippen LogP contribution < -0.4 is 0 Å². The number of carbonyl (C=O) groups excluding carboxylic acids is 1. The van der Waals surface area contributed by atoms with E-state index in [4.69, 9.17) is 4.74 Å². The number of Topliss-reactive ketones (excluding diaryl/α,β-unsaturated/α-hetero) is 1. The number of imidazole rings is 1. The zero-order chi connectivity index (χ0) is 14.7. The van der Waals surface area contributed by atoms with Crippen molar-refractivity contribution in [3.8, 4) is 0 Å². The quantitative estimate of drug-likeness (QED) is 0.813. The highest BCUT2D eigenvalue weighted by molar-refractivity contribution is 5.86. The molecule has 20 heavy (non-hydrogen) atoms. The first-order valence-electron chi connectivity index (χ1n) is 7.08. The number of aromatic nitrogens is 2. The van der Waals surface area contributed by atoms with Gasteiger partial charge in [0.05, 0.1) is 17.5 Å². The molecule has 0 saturated heterocycles. The van der Waals surface area contributed by atoms with Gasteiger partial charge in [0.1, 0.15) is 11.9 Å². The van der Waals surface area contributed by atoms with Crippen molar-refractivity contribution < 1.29 is 9.53 Å². The first kappa shape index (κ1) is 14.7. The number of ether oxygens (including phenoxy) is 1. The Morgan fingerprint density at radius 3 is 2.65 bits per heavy atom. The van der Waals surface area contributed by atoms with Gasteiger partial charge in [-0.1, -0.05) is 26.0 Å². The van der Waals surface area contributed by atoms with Crippen molar-refractivity contribution in [3.05, 3.63) is 30.1 Å². The van der Waals surface area contributed by atoms with Gasteiger partial charge in [-0.05, 0) is 25.0 Å². The maximum Gasteiger partial charge on any atom is 0.169 e. The standard InChI is InChI=1S/C16H22N2O2/c1-5-18-13-9-7-6-8-12(13)17-15(18)10-14(19)16(20-4)11(2)3/h6-9,11,16H,5,10H2,1-4H3. The SMILES string of the molecule is CCn1c(CC(=O)C(OC)C(C)C)nc2ccccc21. The second-order valence-corrected chi connectivity index (χ2v) is 5.30. The van der Waals surface area contributed by atoms with Gasteiger partial charge in [-0.25, -0.2) is 4.98 Å². The van der Waals surface area contributed by atoms with E-state index in [9.17, 15) is 4.79 Å². The number of carbonyl (C=O) groups is 1. The van der Waals surface area contributed by atoms with Gasteiger partial charge < -0.3 is 9.30 Å². The monoisotopic (exact) mass is 274 g/mol. The molecule has 0 fully saturated rings. The molecule has 2 rings (SSSR count). The summed E-state index contributed by atoms with van der Waals surface area (Å²) in [7, 11) is 1.59. The van der Waals surface area contributed by atoms with Crippen LogP contribution in [0.1, 0.15) is 26.6 Å². The highest BCUT2D eigenvalue weighted by atomic mass is 16.5. The van der Waals surface area contributed by atoms with Crippen LogP contribution in [0.2, 0.25) is 0 Å². The van der Waals surface area contributed by atoms with Gasteiger partial charge in [-0.2, -0.15) is 0 Å². The molecule has 1 unspecified atom stereocenters. The van der Waals surface area contributed by atoms with Gasteiger partial charge >= 0.3 is 0 Å². The van der Waals surface area contributed by atoms with Crippen LogP contribution in [0.4, 0.5) is 0 Å². The predicted molar refractivity (Wildman–Crippen MR) is 79.8 cm³/mol. The first-order chi connectivity index (χ1) is 9.58. The number of methoxy groups -OCH3 is 1. The number of aryl methyl sites for hydroxylation is 1. The molecular formula is C16H22N2O2. The summed E-state index contributed by atoms with van der Waals surface area (Å²) < 4.78 is 7.40. The van der Waals surface area contributed by atoms with Crippen molar-refractivity contribution in [3.63, 3.8) is 0 Å². The molecule has 1 aromatic carbocycles. The van der Waals surface area contributed by atoms with E-state index in [0.717, 1.165) is 23.4 Å². The molecule has 0 spiro atoms. The lowest BCUT2D eigenvalue weighted by molar-refractivity contribution is -0.130. The van der Waals surface area contributed by atoms with E-state index in [0.29, 0.717) is 6.42 Å². The predicted octanol–water partition coefficient (Wildman–Crippen LogP) is 2.84. The Balaban J connectivity index is 2.31. The fourth-order valence-corrected chi connectivity index (χ4v) is 2.65. The smallest absolute Gasteiger partial charge is 0.169 e. The summed E-state index contributed by atoms with van der Waals surface area (Å²) in [5.74, 6) is 1.08. The number of rotatable bonds is 6. The van der Waals surface area contributed by atoms with E-state index in [2.05, 4.69) is 16.5 Å². The van der Waals surface area contributed by atoms with Gasteiger partial charge in [0.25, 0.3) is 0 Å². The molecule has 0 N–H and O–H groups in total. The van der Waals surface area contributed by atoms with E-state index in [1.165, 1.54) is 0 Å².